The summed E-state index contributed by atoms with van der Waals surface area (Å²) in [7, 11) is 0. The predicted molar refractivity (Wildman–Crippen MR) is 187 cm³/mol. The van der Waals surface area contributed by atoms with E-state index >= 15 is 0 Å². The predicted octanol–water partition coefficient (Wildman–Crippen LogP) is 7.29. The molecular formula is C36H42N8OS. The van der Waals surface area contributed by atoms with Crippen LogP contribution in [0.1, 0.15) is 93.8 Å². The number of benzene rings is 1. The fourth-order valence-corrected chi connectivity index (χ4v) is 5.23. The lowest BCUT2D eigenvalue weighted by Crippen LogP contribution is -2.29. The van der Waals surface area contributed by atoms with E-state index in [1.165, 1.54) is 50.5 Å². The molecule has 6 rings (SSSR count). The summed E-state index contributed by atoms with van der Waals surface area (Å²) in [6.07, 6.45) is 16.2. The van der Waals surface area contributed by atoms with Gasteiger partial charge in [0.15, 0.2) is 0 Å². The van der Waals surface area contributed by atoms with Gasteiger partial charge in [-0.1, -0.05) is 44.4 Å². The third kappa shape index (κ3) is 10.6. The molecule has 2 saturated carbocycles. The zero-order chi connectivity index (χ0) is 32.4. The van der Waals surface area contributed by atoms with E-state index in [2.05, 4.69) is 67.9 Å². The highest BCUT2D eigenvalue weighted by Gasteiger charge is 2.23. The number of nitrogens with one attached hydrogen (secondary N) is 3. The fourth-order valence-electron chi connectivity index (χ4n) is 4.56. The smallest absolute Gasteiger partial charge is 0.251 e. The molecule has 9 nitrogen and oxygen atoms in total. The number of carbonyl (C=O) groups excluding carboxylic acids is 1. The molecule has 238 valence electrons. The first-order valence-corrected chi connectivity index (χ1v) is 16.7. The Morgan fingerprint density at radius 2 is 1.61 bits per heavy atom. The van der Waals surface area contributed by atoms with Crippen LogP contribution in [0.25, 0.3) is 11.3 Å². The maximum atomic E-state index is 12.3. The monoisotopic (exact) mass is 634 g/mol. The van der Waals surface area contributed by atoms with Gasteiger partial charge in [0, 0.05) is 51.9 Å². The van der Waals surface area contributed by atoms with E-state index in [0.29, 0.717) is 40.3 Å². The summed E-state index contributed by atoms with van der Waals surface area (Å²) < 4.78 is 3.37. The molecular weight excluding hydrogens is 593 g/mol. The van der Waals surface area contributed by atoms with E-state index in [4.69, 9.17) is 5.73 Å². The fraction of sp³-hybridized carbons (Fsp3) is 0.361. The molecule has 0 spiro atoms. The first kappa shape index (κ1) is 32.9. The largest absolute Gasteiger partial charge is 0.383 e. The van der Waals surface area contributed by atoms with Crippen LogP contribution in [0, 0.1) is 11.8 Å². The number of nitrogens with zero attached hydrogens (tertiary/aromatic N) is 4. The number of amides is 1. The number of hydrogen-bond donors (Lipinski definition) is 4. The lowest BCUT2D eigenvalue weighted by atomic mass is 10.0. The topological polar surface area (TPSA) is 131 Å². The van der Waals surface area contributed by atoms with Crippen molar-refractivity contribution in [2.45, 2.75) is 88.6 Å². The normalized spacial score (nSPS) is 14.2. The van der Waals surface area contributed by atoms with Crippen LogP contribution in [0.4, 0.5) is 17.5 Å². The highest BCUT2D eigenvalue weighted by Crippen LogP contribution is 2.26. The zero-order valence-electron chi connectivity index (χ0n) is 26.8. The summed E-state index contributed by atoms with van der Waals surface area (Å²) >= 11 is 1.54. The van der Waals surface area contributed by atoms with Crippen molar-refractivity contribution in [1.82, 2.24) is 30.0 Å². The van der Waals surface area contributed by atoms with Crippen LogP contribution in [0.3, 0.4) is 0 Å². The molecule has 4 aromatic rings. The summed E-state index contributed by atoms with van der Waals surface area (Å²) in [6.45, 7) is 6.32. The molecule has 0 bridgehead atoms. The molecule has 0 aliphatic heterocycles. The Balaban J connectivity index is 0.000000624. The first-order valence-electron chi connectivity index (χ1n) is 15.9. The molecule has 1 aromatic carbocycles. The van der Waals surface area contributed by atoms with Gasteiger partial charge in [0.1, 0.15) is 11.5 Å². The highest BCUT2D eigenvalue weighted by molar-refractivity contribution is 7.97. The molecule has 3 heterocycles. The Labute approximate surface area is 276 Å². The van der Waals surface area contributed by atoms with Crippen LogP contribution in [0.15, 0.2) is 72.0 Å². The van der Waals surface area contributed by atoms with Crippen molar-refractivity contribution in [3.05, 3.63) is 83.9 Å². The van der Waals surface area contributed by atoms with E-state index in [1.54, 1.807) is 30.7 Å². The minimum Gasteiger partial charge on any atom is -0.383 e. The number of nitrogen functional groups attached to an aromatic ring is 1. The minimum absolute atomic E-state index is 0.00258. The van der Waals surface area contributed by atoms with Gasteiger partial charge in [-0.25, -0.2) is 9.97 Å². The number of aromatic nitrogens is 4. The summed E-state index contributed by atoms with van der Waals surface area (Å²) in [5.74, 6) is 6.75. The van der Waals surface area contributed by atoms with Crippen LogP contribution >= 0.6 is 11.9 Å². The van der Waals surface area contributed by atoms with E-state index < -0.39 is 0 Å². The Hall–Kier alpha value is -4.46. The molecule has 1 amide bonds. The lowest BCUT2D eigenvalue weighted by Gasteiger charge is -2.19. The quantitative estimate of drug-likeness (QED) is 0.122. The molecule has 5 N–H and O–H groups in total. The summed E-state index contributed by atoms with van der Waals surface area (Å²) in [4.78, 5) is 30.9. The summed E-state index contributed by atoms with van der Waals surface area (Å²) in [5.41, 5.74) is 10.3. The standard InChI is InChI=1S/C30H30N8OS.C6H12/c1-30(2,3)38-40-24-12-13-26(33-17-24)25-18-34-29(37-27(25)31)36-22-7-4-19(5-8-22)6-9-23-16-20(14-15-32-23)28(39)35-21-10-11-21;1-2-4-6-5-3-1/h4-5,7-8,12-18,21,38H,10-11H2,1-3H3,(H,35,39)(H3,31,34,36,37);1-6H2. The number of carbonyl (C=O) groups is 1. The Morgan fingerprint density at radius 1 is 0.891 bits per heavy atom. The third-order valence-electron chi connectivity index (χ3n) is 7.22. The molecule has 3 aromatic heterocycles. The van der Waals surface area contributed by atoms with Gasteiger partial charge in [-0.05, 0) is 100 Å². The van der Waals surface area contributed by atoms with E-state index in [0.717, 1.165) is 29.0 Å². The lowest BCUT2D eigenvalue weighted by molar-refractivity contribution is 0.0951. The second-order valence-electron chi connectivity index (χ2n) is 12.6. The minimum atomic E-state index is -0.0864. The number of nitrogens with two attached hydrogens (primary N) is 1. The van der Waals surface area contributed by atoms with Gasteiger partial charge in [-0.2, -0.15) is 4.98 Å². The van der Waals surface area contributed by atoms with Gasteiger partial charge in [0.25, 0.3) is 5.91 Å². The summed E-state index contributed by atoms with van der Waals surface area (Å²) in [6, 6.07) is 15.1. The van der Waals surface area contributed by atoms with Gasteiger partial charge in [-0.3, -0.25) is 14.5 Å². The van der Waals surface area contributed by atoms with Crippen molar-refractivity contribution < 1.29 is 4.79 Å². The Kier molecular flexibility index (Phi) is 11.2. The molecule has 2 aliphatic carbocycles. The highest BCUT2D eigenvalue weighted by atomic mass is 32.2. The second kappa shape index (κ2) is 15.7. The average molecular weight is 635 g/mol. The Morgan fingerprint density at radius 3 is 2.22 bits per heavy atom. The average Bonchev–Trinajstić information content (AvgIpc) is 3.89. The molecule has 10 heteroatoms. The Bertz CT molecular complexity index is 1650. The molecule has 2 fully saturated rings. The van der Waals surface area contributed by atoms with Crippen molar-refractivity contribution >= 4 is 35.3 Å². The van der Waals surface area contributed by atoms with Crippen molar-refractivity contribution in [3.63, 3.8) is 0 Å². The van der Waals surface area contributed by atoms with Crippen LogP contribution in [-0.4, -0.2) is 37.4 Å². The second-order valence-corrected chi connectivity index (χ2v) is 13.5. The molecule has 0 unspecified atom stereocenters. The molecule has 2 aliphatic rings. The van der Waals surface area contributed by atoms with Crippen LogP contribution < -0.4 is 21.1 Å². The van der Waals surface area contributed by atoms with Crippen LogP contribution in [-0.2, 0) is 0 Å². The molecule has 0 atom stereocenters. The van der Waals surface area contributed by atoms with Crippen molar-refractivity contribution in [3.8, 4) is 23.1 Å². The van der Waals surface area contributed by atoms with E-state index in [1.807, 2.05) is 36.4 Å². The van der Waals surface area contributed by atoms with Crippen molar-refractivity contribution in [2.24, 2.45) is 0 Å². The summed E-state index contributed by atoms with van der Waals surface area (Å²) in [5, 5.41) is 6.14. The number of rotatable bonds is 7. The van der Waals surface area contributed by atoms with Gasteiger partial charge >= 0.3 is 0 Å². The maximum Gasteiger partial charge on any atom is 0.251 e. The van der Waals surface area contributed by atoms with Gasteiger partial charge in [-0.15, -0.1) is 0 Å². The van der Waals surface area contributed by atoms with Gasteiger partial charge in [0.2, 0.25) is 5.95 Å². The van der Waals surface area contributed by atoms with Crippen LogP contribution in [0.2, 0.25) is 0 Å². The zero-order valence-corrected chi connectivity index (χ0v) is 27.6. The number of hydrogen-bond acceptors (Lipinski definition) is 9. The van der Waals surface area contributed by atoms with E-state index in [9.17, 15) is 4.79 Å². The van der Waals surface area contributed by atoms with Gasteiger partial charge < -0.3 is 16.4 Å². The third-order valence-corrected chi connectivity index (χ3v) is 8.41. The van der Waals surface area contributed by atoms with Crippen LogP contribution in [0.5, 0.6) is 0 Å². The molecule has 0 radical (unpaired) electrons. The van der Waals surface area contributed by atoms with Crippen molar-refractivity contribution in [2.75, 3.05) is 11.1 Å². The SMILES string of the molecule is C1CCCCC1.CC(C)(C)NSc1ccc(-c2cnc(Nc3ccc(C#Cc4cc(C(=O)NC5CC5)ccn4)cc3)nc2N)nc1. The van der Waals surface area contributed by atoms with Crippen molar-refractivity contribution in [1.29, 1.82) is 0 Å². The van der Waals surface area contributed by atoms with Gasteiger partial charge in [0.05, 0.1) is 11.3 Å². The number of anilines is 3. The number of pyridine rings is 2. The molecule has 46 heavy (non-hydrogen) atoms. The molecule has 0 saturated heterocycles. The van der Waals surface area contributed by atoms with E-state index in [-0.39, 0.29) is 11.4 Å². The first-order chi connectivity index (χ1) is 22.2. The maximum absolute atomic E-state index is 12.3.